The molecule has 0 fully saturated rings. The molecule has 2 aromatic rings. The standard InChI is InChI=1S/C15H15N2/c1-11-4-7-15(17(3)10-11)14-6-5-13(9-16)8-12(14)2/h4-8,10H,1-3H3/q+1. The highest BCUT2D eigenvalue weighted by atomic mass is 14.9. The second kappa shape index (κ2) is 4.39. The Morgan fingerprint density at radius 3 is 2.47 bits per heavy atom. The molecular formula is C15H15N2+. The Morgan fingerprint density at radius 1 is 1.12 bits per heavy atom. The van der Waals surface area contributed by atoms with Crippen molar-refractivity contribution in [3.8, 4) is 17.3 Å². The molecule has 0 unspecified atom stereocenters. The van der Waals surface area contributed by atoms with E-state index in [0.29, 0.717) is 5.56 Å². The summed E-state index contributed by atoms with van der Waals surface area (Å²) in [6.45, 7) is 4.12. The first-order valence-electron chi connectivity index (χ1n) is 5.59. The Balaban J connectivity index is 2.58. The maximum absolute atomic E-state index is 8.86. The topological polar surface area (TPSA) is 27.7 Å². The molecule has 0 saturated carbocycles. The molecule has 0 bridgehead atoms. The summed E-state index contributed by atoms with van der Waals surface area (Å²) in [5.74, 6) is 0. The van der Waals surface area contributed by atoms with Crippen LogP contribution in [0.3, 0.4) is 0 Å². The largest absolute Gasteiger partial charge is 0.212 e. The molecule has 17 heavy (non-hydrogen) atoms. The fourth-order valence-electron chi connectivity index (χ4n) is 2.05. The van der Waals surface area contributed by atoms with Crippen LogP contribution < -0.4 is 4.57 Å². The molecule has 0 aliphatic rings. The van der Waals surface area contributed by atoms with Crippen LogP contribution in [0.25, 0.3) is 11.3 Å². The number of rotatable bonds is 1. The Hall–Kier alpha value is -2.14. The van der Waals surface area contributed by atoms with Crippen LogP contribution in [-0.4, -0.2) is 0 Å². The molecule has 0 aliphatic heterocycles. The smallest absolute Gasteiger partial charge is 0.201 e. The molecule has 0 amide bonds. The number of hydrogen-bond acceptors (Lipinski definition) is 1. The van der Waals surface area contributed by atoms with E-state index in [1.165, 1.54) is 11.1 Å². The predicted octanol–water partition coefficient (Wildman–Crippen LogP) is 2.67. The van der Waals surface area contributed by atoms with Gasteiger partial charge in [0.15, 0.2) is 6.20 Å². The number of hydrogen-bond donors (Lipinski definition) is 0. The van der Waals surface area contributed by atoms with Crippen molar-refractivity contribution in [1.82, 2.24) is 0 Å². The van der Waals surface area contributed by atoms with Gasteiger partial charge < -0.3 is 0 Å². The summed E-state index contributed by atoms with van der Waals surface area (Å²) >= 11 is 0. The van der Waals surface area contributed by atoms with Crippen LogP contribution in [0.5, 0.6) is 0 Å². The van der Waals surface area contributed by atoms with Gasteiger partial charge in [0.25, 0.3) is 0 Å². The van der Waals surface area contributed by atoms with Crippen LogP contribution in [0, 0.1) is 25.2 Å². The van der Waals surface area contributed by atoms with E-state index in [0.717, 1.165) is 11.3 Å². The molecule has 2 rings (SSSR count). The van der Waals surface area contributed by atoms with Crippen molar-refractivity contribution in [2.45, 2.75) is 13.8 Å². The third kappa shape index (κ3) is 2.19. The second-order valence-corrected chi connectivity index (χ2v) is 4.34. The molecule has 84 valence electrons. The zero-order valence-electron chi connectivity index (χ0n) is 10.4. The van der Waals surface area contributed by atoms with Crippen LogP contribution in [0.15, 0.2) is 36.5 Å². The second-order valence-electron chi connectivity index (χ2n) is 4.34. The third-order valence-corrected chi connectivity index (χ3v) is 2.91. The average Bonchev–Trinajstić information content (AvgIpc) is 2.30. The Bertz CT molecular complexity index is 607. The zero-order chi connectivity index (χ0) is 12.4. The molecule has 1 aromatic carbocycles. The minimum Gasteiger partial charge on any atom is -0.201 e. The first-order valence-corrected chi connectivity index (χ1v) is 5.59. The van der Waals surface area contributed by atoms with Gasteiger partial charge in [0, 0.05) is 17.2 Å². The van der Waals surface area contributed by atoms with Crippen LogP contribution in [0.4, 0.5) is 0 Å². The molecular weight excluding hydrogens is 208 g/mol. The lowest BCUT2D eigenvalue weighted by Crippen LogP contribution is -2.31. The van der Waals surface area contributed by atoms with E-state index in [9.17, 15) is 0 Å². The fourth-order valence-corrected chi connectivity index (χ4v) is 2.05. The predicted molar refractivity (Wildman–Crippen MR) is 67.2 cm³/mol. The molecule has 0 radical (unpaired) electrons. The summed E-state index contributed by atoms with van der Waals surface area (Å²) in [6.07, 6.45) is 2.10. The summed E-state index contributed by atoms with van der Waals surface area (Å²) in [5, 5.41) is 8.86. The van der Waals surface area contributed by atoms with E-state index >= 15 is 0 Å². The van der Waals surface area contributed by atoms with E-state index in [1.807, 2.05) is 32.2 Å². The highest BCUT2D eigenvalue weighted by Gasteiger charge is 2.12. The first-order chi connectivity index (χ1) is 8.11. The van der Waals surface area contributed by atoms with E-state index < -0.39 is 0 Å². The molecule has 1 aromatic heterocycles. The van der Waals surface area contributed by atoms with Gasteiger partial charge in [-0.3, -0.25) is 0 Å². The monoisotopic (exact) mass is 223 g/mol. The first kappa shape index (κ1) is 11.3. The summed E-state index contributed by atoms with van der Waals surface area (Å²) < 4.78 is 2.11. The molecule has 2 heteroatoms. The van der Waals surface area contributed by atoms with Crippen molar-refractivity contribution in [1.29, 1.82) is 5.26 Å². The van der Waals surface area contributed by atoms with Gasteiger partial charge in [-0.25, -0.2) is 4.57 Å². The number of benzene rings is 1. The summed E-state index contributed by atoms with van der Waals surface area (Å²) in [4.78, 5) is 0. The lowest BCUT2D eigenvalue weighted by atomic mass is 10.0. The van der Waals surface area contributed by atoms with Gasteiger partial charge in [0.1, 0.15) is 7.05 Å². The minimum absolute atomic E-state index is 0.709. The maximum Gasteiger partial charge on any atom is 0.212 e. The lowest BCUT2D eigenvalue weighted by Gasteiger charge is -2.05. The van der Waals surface area contributed by atoms with Crippen molar-refractivity contribution in [2.75, 3.05) is 0 Å². The van der Waals surface area contributed by atoms with Gasteiger partial charge in [-0.1, -0.05) is 0 Å². The SMILES string of the molecule is Cc1ccc(-c2ccc(C#N)cc2C)[n+](C)c1. The number of nitriles is 1. The van der Waals surface area contributed by atoms with Gasteiger partial charge in [-0.05, 0) is 43.7 Å². The molecule has 0 N–H and O–H groups in total. The van der Waals surface area contributed by atoms with Gasteiger partial charge in [-0.2, -0.15) is 5.26 Å². The van der Waals surface area contributed by atoms with Crippen LogP contribution >= 0.6 is 0 Å². The van der Waals surface area contributed by atoms with Gasteiger partial charge in [-0.15, -0.1) is 0 Å². The molecule has 0 saturated heterocycles. The molecule has 0 aliphatic carbocycles. The van der Waals surface area contributed by atoms with Gasteiger partial charge in [0.05, 0.1) is 11.6 Å². The van der Waals surface area contributed by atoms with E-state index in [-0.39, 0.29) is 0 Å². The number of aromatic nitrogens is 1. The van der Waals surface area contributed by atoms with E-state index in [1.54, 1.807) is 0 Å². The highest BCUT2D eigenvalue weighted by molar-refractivity contribution is 5.62. The van der Waals surface area contributed by atoms with Crippen LogP contribution in [-0.2, 0) is 7.05 Å². The van der Waals surface area contributed by atoms with Crippen molar-refractivity contribution in [3.05, 3.63) is 53.2 Å². The van der Waals surface area contributed by atoms with Crippen molar-refractivity contribution in [2.24, 2.45) is 7.05 Å². The average molecular weight is 223 g/mol. The highest BCUT2D eigenvalue weighted by Crippen LogP contribution is 2.21. The van der Waals surface area contributed by atoms with E-state index in [4.69, 9.17) is 5.26 Å². The lowest BCUT2D eigenvalue weighted by molar-refractivity contribution is -0.660. The van der Waals surface area contributed by atoms with Crippen LogP contribution in [0.2, 0.25) is 0 Å². The van der Waals surface area contributed by atoms with Crippen molar-refractivity contribution >= 4 is 0 Å². The Morgan fingerprint density at radius 2 is 1.88 bits per heavy atom. The summed E-state index contributed by atoms with van der Waals surface area (Å²) in [5.41, 5.74) is 5.41. The normalized spacial score (nSPS) is 10.0. The third-order valence-electron chi connectivity index (χ3n) is 2.91. The van der Waals surface area contributed by atoms with Crippen LogP contribution in [0.1, 0.15) is 16.7 Å². The van der Waals surface area contributed by atoms with Gasteiger partial charge in [0.2, 0.25) is 5.69 Å². The maximum atomic E-state index is 8.86. The summed E-state index contributed by atoms with van der Waals surface area (Å²) in [6, 6.07) is 12.2. The molecule has 0 atom stereocenters. The quantitative estimate of drug-likeness (QED) is 0.683. The molecule has 0 spiro atoms. The zero-order valence-corrected chi connectivity index (χ0v) is 10.4. The van der Waals surface area contributed by atoms with Gasteiger partial charge >= 0.3 is 0 Å². The molecule has 1 heterocycles. The van der Waals surface area contributed by atoms with Crippen molar-refractivity contribution in [3.63, 3.8) is 0 Å². The number of aryl methyl sites for hydroxylation is 3. The van der Waals surface area contributed by atoms with Crippen molar-refractivity contribution < 1.29 is 4.57 Å². The molecule has 2 nitrogen and oxygen atoms in total. The summed E-state index contributed by atoms with van der Waals surface area (Å²) in [7, 11) is 2.04. The Kier molecular flexibility index (Phi) is 2.93. The fraction of sp³-hybridized carbons (Fsp3) is 0.200. The number of pyridine rings is 1. The number of nitrogens with zero attached hydrogens (tertiary/aromatic N) is 2. The van der Waals surface area contributed by atoms with E-state index in [2.05, 4.69) is 35.9 Å². The minimum atomic E-state index is 0.709. The Labute approximate surface area is 102 Å².